The second-order valence-electron chi connectivity index (χ2n) is 6.09. The smallest absolute Gasteiger partial charge is 0.129 e. The SMILES string of the molecule is c1ccc(COc2ccc(OCc3ccccc3)c(-c3ccon3)c2)cc1. The van der Waals surface area contributed by atoms with Crippen molar-refractivity contribution in [2.24, 2.45) is 0 Å². The molecule has 27 heavy (non-hydrogen) atoms. The summed E-state index contributed by atoms with van der Waals surface area (Å²) in [6.07, 6.45) is 1.55. The molecule has 4 rings (SSSR count). The molecule has 4 nitrogen and oxygen atoms in total. The minimum Gasteiger partial charge on any atom is -0.489 e. The van der Waals surface area contributed by atoms with Crippen LogP contribution in [0.1, 0.15) is 11.1 Å². The van der Waals surface area contributed by atoms with Crippen LogP contribution in [0.2, 0.25) is 0 Å². The van der Waals surface area contributed by atoms with Gasteiger partial charge in [0.1, 0.15) is 36.7 Å². The van der Waals surface area contributed by atoms with Crippen LogP contribution < -0.4 is 9.47 Å². The van der Waals surface area contributed by atoms with Crippen LogP contribution in [0.25, 0.3) is 11.3 Å². The van der Waals surface area contributed by atoms with Crippen LogP contribution in [0.15, 0.2) is 95.7 Å². The summed E-state index contributed by atoms with van der Waals surface area (Å²) in [5.41, 5.74) is 3.77. The van der Waals surface area contributed by atoms with Crippen LogP contribution in [-0.2, 0) is 13.2 Å². The summed E-state index contributed by atoms with van der Waals surface area (Å²) in [6, 6.07) is 27.7. The lowest BCUT2D eigenvalue weighted by Crippen LogP contribution is -1.99. The highest BCUT2D eigenvalue weighted by atomic mass is 16.5. The van der Waals surface area contributed by atoms with E-state index in [-0.39, 0.29) is 0 Å². The van der Waals surface area contributed by atoms with Crippen molar-refractivity contribution in [3.05, 3.63) is 102 Å². The standard InChI is InChI=1S/C23H19NO3/c1-3-7-18(8-4-1)16-25-20-11-12-23(21(15-20)22-13-14-27-24-22)26-17-19-9-5-2-6-10-19/h1-15H,16-17H2. The second-order valence-corrected chi connectivity index (χ2v) is 6.09. The van der Waals surface area contributed by atoms with E-state index in [4.69, 9.17) is 14.0 Å². The molecule has 0 aliphatic carbocycles. The Morgan fingerprint density at radius 2 is 1.37 bits per heavy atom. The first-order valence-electron chi connectivity index (χ1n) is 8.77. The minimum atomic E-state index is 0.482. The molecule has 4 heteroatoms. The van der Waals surface area contributed by atoms with Crippen LogP contribution in [0.5, 0.6) is 11.5 Å². The van der Waals surface area contributed by atoms with Crippen LogP contribution in [-0.4, -0.2) is 5.16 Å². The highest BCUT2D eigenvalue weighted by Crippen LogP contribution is 2.33. The molecule has 0 amide bonds. The predicted molar refractivity (Wildman–Crippen MR) is 103 cm³/mol. The molecule has 0 fully saturated rings. The summed E-state index contributed by atoms with van der Waals surface area (Å²) in [6.45, 7) is 0.985. The van der Waals surface area contributed by atoms with E-state index >= 15 is 0 Å². The van der Waals surface area contributed by atoms with E-state index in [0.29, 0.717) is 18.9 Å². The van der Waals surface area contributed by atoms with E-state index in [1.54, 1.807) is 6.26 Å². The van der Waals surface area contributed by atoms with Crippen molar-refractivity contribution in [2.45, 2.75) is 13.2 Å². The molecule has 134 valence electrons. The summed E-state index contributed by atoms with van der Waals surface area (Å²) >= 11 is 0. The molecule has 1 heterocycles. The molecular formula is C23H19NO3. The van der Waals surface area contributed by atoms with Crippen molar-refractivity contribution in [3.63, 3.8) is 0 Å². The van der Waals surface area contributed by atoms with E-state index in [1.165, 1.54) is 0 Å². The molecule has 0 radical (unpaired) electrons. The van der Waals surface area contributed by atoms with Crippen molar-refractivity contribution in [3.8, 4) is 22.8 Å². The zero-order valence-corrected chi connectivity index (χ0v) is 14.7. The zero-order chi connectivity index (χ0) is 18.3. The number of benzene rings is 3. The van der Waals surface area contributed by atoms with Gasteiger partial charge < -0.3 is 14.0 Å². The summed E-state index contributed by atoms with van der Waals surface area (Å²) in [5, 5.41) is 4.05. The topological polar surface area (TPSA) is 44.5 Å². The Morgan fingerprint density at radius 1 is 0.704 bits per heavy atom. The maximum absolute atomic E-state index is 6.03. The number of nitrogens with zero attached hydrogens (tertiary/aromatic N) is 1. The second kappa shape index (κ2) is 8.23. The first kappa shape index (κ1) is 16.9. The third kappa shape index (κ3) is 4.36. The van der Waals surface area contributed by atoms with Crippen LogP contribution >= 0.6 is 0 Å². The summed E-state index contributed by atoms with van der Waals surface area (Å²) in [4.78, 5) is 0. The lowest BCUT2D eigenvalue weighted by atomic mass is 10.1. The van der Waals surface area contributed by atoms with Crippen molar-refractivity contribution < 1.29 is 14.0 Å². The van der Waals surface area contributed by atoms with Crippen LogP contribution in [0.3, 0.4) is 0 Å². The fraction of sp³-hybridized carbons (Fsp3) is 0.0870. The average Bonchev–Trinajstić information content (AvgIpc) is 3.27. The van der Waals surface area contributed by atoms with Crippen molar-refractivity contribution in [1.82, 2.24) is 5.16 Å². The quantitative estimate of drug-likeness (QED) is 0.438. The number of hydrogen-bond donors (Lipinski definition) is 0. The van der Waals surface area contributed by atoms with Gasteiger partial charge in [0.05, 0.1) is 0 Å². The monoisotopic (exact) mass is 357 g/mol. The van der Waals surface area contributed by atoms with E-state index < -0.39 is 0 Å². The molecule has 1 aromatic heterocycles. The summed E-state index contributed by atoms with van der Waals surface area (Å²) < 4.78 is 17.0. The van der Waals surface area contributed by atoms with Crippen molar-refractivity contribution in [2.75, 3.05) is 0 Å². The molecule has 0 bridgehead atoms. The molecule has 0 aliphatic heterocycles. The van der Waals surface area contributed by atoms with E-state index in [9.17, 15) is 0 Å². The fourth-order valence-corrected chi connectivity index (χ4v) is 2.75. The first-order chi connectivity index (χ1) is 13.4. The maximum atomic E-state index is 6.03. The van der Waals surface area contributed by atoms with Gasteiger partial charge in [0.15, 0.2) is 0 Å². The highest BCUT2D eigenvalue weighted by molar-refractivity contribution is 5.68. The van der Waals surface area contributed by atoms with Gasteiger partial charge in [0.25, 0.3) is 0 Å². The normalized spacial score (nSPS) is 10.5. The van der Waals surface area contributed by atoms with E-state index in [2.05, 4.69) is 5.16 Å². The highest BCUT2D eigenvalue weighted by Gasteiger charge is 2.12. The molecular weight excluding hydrogens is 338 g/mol. The maximum Gasteiger partial charge on any atom is 0.129 e. The molecule has 0 aliphatic rings. The van der Waals surface area contributed by atoms with Gasteiger partial charge in [0, 0.05) is 11.6 Å². The van der Waals surface area contributed by atoms with Gasteiger partial charge in [-0.2, -0.15) is 0 Å². The average molecular weight is 357 g/mol. The zero-order valence-electron chi connectivity index (χ0n) is 14.7. The summed E-state index contributed by atoms with van der Waals surface area (Å²) in [5.74, 6) is 1.49. The first-order valence-corrected chi connectivity index (χ1v) is 8.77. The molecule has 0 saturated heterocycles. The molecule has 0 spiro atoms. The summed E-state index contributed by atoms with van der Waals surface area (Å²) in [7, 11) is 0. The molecule has 0 atom stereocenters. The molecule has 3 aromatic carbocycles. The Balaban J connectivity index is 1.54. The fourth-order valence-electron chi connectivity index (χ4n) is 2.75. The van der Waals surface area contributed by atoms with Crippen LogP contribution in [0, 0.1) is 0 Å². The largest absolute Gasteiger partial charge is 0.489 e. The van der Waals surface area contributed by atoms with Gasteiger partial charge in [-0.3, -0.25) is 0 Å². The van der Waals surface area contributed by atoms with Crippen molar-refractivity contribution >= 4 is 0 Å². The lowest BCUT2D eigenvalue weighted by Gasteiger charge is -2.13. The third-order valence-corrected chi connectivity index (χ3v) is 4.15. The van der Waals surface area contributed by atoms with Gasteiger partial charge in [0.2, 0.25) is 0 Å². The Hall–Kier alpha value is -3.53. The van der Waals surface area contributed by atoms with Crippen molar-refractivity contribution in [1.29, 1.82) is 0 Å². The predicted octanol–water partition coefficient (Wildman–Crippen LogP) is 5.50. The Labute approximate surface area is 158 Å². The minimum absolute atomic E-state index is 0.482. The van der Waals surface area contributed by atoms with Gasteiger partial charge in [-0.05, 0) is 29.3 Å². The Bertz CT molecular complexity index is 967. The molecule has 0 N–H and O–H groups in total. The Morgan fingerprint density at radius 3 is 2.00 bits per heavy atom. The van der Waals surface area contributed by atoms with E-state index in [0.717, 1.165) is 28.2 Å². The van der Waals surface area contributed by atoms with Gasteiger partial charge in [-0.1, -0.05) is 65.8 Å². The number of rotatable bonds is 7. The van der Waals surface area contributed by atoms with Crippen LogP contribution in [0.4, 0.5) is 0 Å². The number of ether oxygens (including phenoxy) is 2. The van der Waals surface area contributed by atoms with Gasteiger partial charge in [-0.25, -0.2) is 0 Å². The van der Waals surface area contributed by atoms with Gasteiger partial charge in [-0.15, -0.1) is 0 Å². The third-order valence-electron chi connectivity index (χ3n) is 4.15. The Kier molecular flexibility index (Phi) is 5.16. The number of aromatic nitrogens is 1. The van der Waals surface area contributed by atoms with E-state index in [1.807, 2.05) is 84.9 Å². The molecule has 4 aromatic rings. The van der Waals surface area contributed by atoms with Gasteiger partial charge >= 0.3 is 0 Å². The molecule has 0 unspecified atom stereocenters. The molecule has 0 saturated carbocycles. The lowest BCUT2D eigenvalue weighted by molar-refractivity contribution is 0.298. The number of hydrogen-bond acceptors (Lipinski definition) is 4.